The van der Waals surface area contributed by atoms with E-state index in [1.54, 1.807) is 0 Å². The Morgan fingerprint density at radius 3 is 2.21 bits per heavy atom. The molecule has 0 saturated carbocycles. The van der Waals surface area contributed by atoms with Crippen LogP contribution in [0.3, 0.4) is 0 Å². The number of hydrogen-bond acceptors (Lipinski definition) is 7. The number of aliphatic hydroxyl groups is 2. The largest absolute Gasteiger partial charge is 0.457 e. The minimum atomic E-state index is -0.970. The van der Waals surface area contributed by atoms with Crippen LogP contribution in [0.2, 0.25) is 0 Å². The Morgan fingerprint density at radius 1 is 1.00 bits per heavy atom. The van der Waals surface area contributed by atoms with Crippen molar-refractivity contribution in [3.05, 3.63) is 12.2 Å². The molecule has 2 N–H and O–H groups in total. The number of esters is 1. The summed E-state index contributed by atoms with van der Waals surface area (Å²) in [4.78, 5) is 22.7. The summed E-state index contributed by atoms with van der Waals surface area (Å²) in [6.07, 6.45) is 17.5. The van der Waals surface area contributed by atoms with E-state index in [-0.39, 0.29) is 25.6 Å². The van der Waals surface area contributed by atoms with Gasteiger partial charge in [-0.2, -0.15) is 0 Å². The molecule has 1 rings (SSSR count). The van der Waals surface area contributed by atoms with Gasteiger partial charge < -0.3 is 29.2 Å². The van der Waals surface area contributed by atoms with Gasteiger partial charge in [0.2, 0.25) is 0 Å². The number of rotatable bonds is 21. The molecule has 33 heavy (non-hydrogen) atoms. The fourth-order valence-electron chi connectivity index (χ4n) is 4.05. The Kier molecular flexibility index (Phi) is 18.1. The van der Waals surface area contributed by atoms with Crippen LogP contribution in [0.1, 0.15) is 96.8 Å². The molecule has 0 aromatic carbocycles. The highest BCUT2D eigenvalue weighted by Crippen LogP contribution is 2.23. The monoisotopic (exact) mass is 470 g/mol. The fraction of sp³-hybridized carbons (Fsp3) is 0.846. The maximum absolute atomic E-state index is 12.2. The first-order valence-electron chi connectivity index (χ1n) is 12.9. The average molecular weight is 471 g/mol. The molecule has 7 nitrogen and oxygen atoms in total. The molecule has 0 aliphatic carbocycles. The van der Waals surface area contributed by atoms with Gasteiger partial charge in [0.1, 0.15) is 31.2 Å². The zero-order valence-electron chi connectivity index (χ0n) is 20.5. The molecule has 0 aromatic rings. The molecule has 7 heteroatoms. The van der Waals surface area contributed by atoms with Crippen molar-refractivity contribution in [1.82, 2.24) is 0 Å². The highest BCUT2D eigenvalue weighted by molar-refractivity contribution is 5.69. The van der Waals surface area contributed by atoms with Crippen molar-refractivity contribution in [3.8, 4) is 0 Å². The number of aldehydes is 1. The van der Waals surface area contributed by atoms with Crippen LogP contribution in [-0.4, -0.2) is 66.7 Å². The minimum absolute atomic E-state index is 0.00301. The summed E-state index contributed by atoms with van der Waals surface area (Å²) in [6, 6.07) is 0. The molecule has 0 unspecified atom stereocenters. The molecule has 1 saturated heterocycles. The van der Waals surface area contributed by atoms with Gasteiger partial charge in [-0.05, 0) is 32.1 Å². The molecule has 0 bridgehead atoms. The van der Waals surface area contributed by atoms with Crippen molar-refractivity contribution >= 4 is 12.3 Å². The van der Waals surface area contributed by atoms with Gasteiger partial charge in [-0.1, -0.05) is 70.4 Å². The zero-order valence-corrected chi connectivity index (χ0v) is 20.5. The predicted molar refractivity (Wildman–Crippen MR) is 128 cm³/mol. The number of carbonyl (C=O) groups is 2. The third kappa shape index (κ3) is 13.9. The molecule has 4 atom stereocenters. The summed E-state index contributed by atoms with van der Waals surface area (Å²) in [5, 5.41) is 19.5. The van der Waals surface area contributed by atoms with Crippen LogP contribution in [0, 0.1) is 0 Å². The second-order valence-electron chi connectivity index (χ2n) is 8.88. The van der Waals surface area contributed by atoms with Gasteiger partial charge in [0.05, 0.1) is 13.2 Å². The molecule has 192 valence electrons. The van der Waals surface area contributed by atoms with Crippen LogP contribution >= 0.6 is 0 Å². The van der Waals surface area contributed by atoms with Crippen LogP contribution < -0.4 is 0 Å². The second kappa shape index (κ2) is 20.1. The van der Waals surface area contributed by atoms with E-state index in [1.165, 1.54) is 51.4 Å². The van der Waals surface area contributed by atoms with Crippen molar-refractivity contribution < 1.29 is 34.0 Å². The van der Waals surface area contributed by atoms with Crippen LogP contribution in [0.15, 0.2) is 12.2 Å². The lowest BCUT2D eigenvalue weighted by atomic mass is 10.1. The molecule has 0 aromatic heterocycles. The van der Waals surface area contributed by atoms with Crippen LogP contribution in [0.25, 0.3) is 0 Å². The van der Waals surface area contributed by atoms with Crippen molar-refractivity contribution in [3.63, 3.8) is 0 Å². The summed E-state index contributed by atoms with van der Waals surface area (Å²) in [5.74, 6) is -0.390. The summed E-state index contributed by atoms with van der Waals surface area (Å²) < 4.78 is 16.1. The fourth-order valence-corrected chi connectivity index (χ4v) is 4.05. The van der Waals surface area contributed by atoms with Gasteiger partial charge in [-0.25, -0.2) is 0 Å². The third-order valence-electron chi connectivity index (χ3n) is 6.00. The number of ether oxygens (including phenoxy) is 3. The Morgan fingerprint density at radius 2 is 1.61 bits per heavy atom. The van der Waals surface area contributed by atoms with Gasteiger partial charge in [-0.3, -0.25) is 4.79 Å². The Hall–Kier alpha value is -1.28. The summed E-state index contributed by atoms with van der Waals surface area (Å²) in [6.45, 7) is 1.65. The topological polar surface area (TPSA) is 102 Å². The first kappa shape index (κ1) is 29.8. The summed E-state index contributed by atoms with van der Waals surface area (Å²) in [7, 11) is 0. The average Bonchev–Trinajstić information content (AvgIpc) is 3.17. The molecule has 1 aliphatic heterocycles. The Labute approximate surface area is 199 Å². The molecule has 1 aliphatic rings. The lowest BCUT2D eigenvalue weighted by molar-refractivity contribution is -0.163. The Balaban J connectivity index is 2.07. The van der Waals surface area contributed by atoms with E-state index in [0.717, 1.165) is 32.1 Å². The van der Waals surface area contributed by atoms with Gasteiger partial charge in [0.25, 0.3) is 0 Å². The highest BCUT2D eigenvalue weighted by Gasteiger charge is 2.44. The van der Waals surface area contributed by atoms with Crippen molar-refractivity contribution in [2.45, 2.75) is 121 Å². The van der Waals surface area contributed by atoms with Gasteiger partial charge in [0, 0.05) is 6.42 Å². The quantitative estimate of drug-likeness (QED) is 0.112. The molecular formula is C26H46O7. The molecular weight excluding hydrogens is 424 g/mol. The van der Waals surface area contributed by atoms with Crippen LogP contribution in [-0.2, 0) is 23.8 Å². The molecule has 0 radical (unpaired) electrons. The van der Waals surface area contributed by atoms with E-state index >= 15 is 0 Å². The number of aliphatic hydroxyl groups excluding tert-OH is 2. The van der Waals surface area contributed by atoms with E-state index in [2.05, 4.69) is 19.1 Å². The zero-order chi connectivity index (χ0) is 24.2. The standard InChI is InChI=1S/C26H46O7/c1-2-3-4-5-6-7-8-9-10-11-12-13-14-15-16-17-24(30)33-25-22(29)21-32-26(25)23(20-28)31-19-18-27/h9-10,18,22-23,25-26,28-29H,2-8,11-17,19-21H2,1H3/b10-9-/t22-,23+,25+,26+/m0/s1. The molecule has 1 heterocycles. The summed E-state index contributed by atoms with van der Waals surface area (Å²) in [5.41, 5.74) is 0. The lowest BCUT2D eigenvalue weighted by Gasteiger charge is -2.26. The minimum Gasteiger partial charge on any atom is -0.457 e. The highest BCUT2D eigenvalue weighted by atomic mass is 16.6. The SMILES string of the molecule is CCCCCCCC/C=C\CCCCCCCC(=O)O[C@H]1[C@@H]([C@@H](CO)OCC=O)OC[C@@H]1O. The number of hydrogen-bond donors (Lipinski definition) is 2. The summed E-state index contributed by atoms with van der Waals surface area (Å²) >= 11 is 0. The first-order valence-corrected chi connectivity index (χ1v) is 12.9. The smallest absolute Gasteiger partial charge is 0.306 e. The second-order valence-corrected chi connectivity index (χ2v) is 8.88. The van der Waals surface area contributed by atoms with Gasteiger partial charge >= 0.3 is 5.97 Å². The predicted octanol–water partition coefficient (Wildman–Crippen LogP) is 4.27. The van der Waals surface area contributed by atoms with E-state index < -0.39 is 31.0 Å². The van der Waals surface area contributed by atoms with E-state index in [4.69, 9.17) is 14.2 Å². The van der Waals surface area contributed by atoms with Crippen LogP contribution in [0.4, 0.5) is 0 Å². The van der Waals surface area contributed by atoms with E-state index in [0.29, 0.717) is 6.29 Å². The van der Waals surface area contributed by atoms with E-state index in [1.807, 2.05) is 0 Å². The third-order valence-corrected chi connectivity index (χ3v) is 6.00. The van der Waals surface area contributed by atoms with Gasteiger partial charge in [0.15, 0.2) is 6.10 Å². The lowest BCUT2D eigenvalue weighted by Crippen LogP contribution is -2.44. The van der Waals surface area contributed by atoms with Crippen LogP contribution in [0.5, 0.6) is 0 Å². The number of unbranched alkanes of at least 4 members (excludes halogenated alkanes) is 11. The van der Waals surface area contributed by atoms with Crippen molar-refractivity contribution in [2.24, 2.45) is 0 Å². The Bertz CT molecular complexity index is 523. The van der Waals surface area contributed by atoms with E-state index in [9.17, 15) is 19.8 Å². The van der Waals surface area contributed by atoms with Crippen molar-refractivity contribution in [1.29, 1.82) is 0 Å². The molecule has 0 amide bonds. The maximum atomic E-state index is 12.2. The van der Waals surface area contributed by atoms with Crippen molar-refractivity contribution in [2.75, 3.05) is 19.8 Å². The normalized spacial score (nSPS) is 21.5. The maximum Gasteiger partial charge on any atom is 0.306 e. The number of allylic oxidation sites excluding steroid dienone is 2. The molecule has 0 spiro atoms. The first-order chi connectivity index (χ1) is 16.1. The molecule has 1 fully saturated rings. The van der Waals surface area contributed by atoms with Gasteiger partial charge in [-0.15, -0.1) is 0 Å². The number of carbonyl (C=O) groups excluding carboxylic acids is 2.